The van der Waals surface area contributed by atoms with E-state index in [0.29, 0.717) is 29.6 Å². The highest BCUT2D eigenvalue weighted by molar-refractivity contribution is 6.16. The highest BCUT2D eigenvalue weighted by atomic mass is 16.5. The molecule has 0 radical (unpaired) electrons. The zero-order valence-corrected chi connectivity index (χ0v) is 26.7. The van der Waals surface area contributed by atoms with Gasteiger partial charge in [-0.1, -0.05) is 78.9 Å². The molecule has 1 amide bonds. The van der Waals surface area contributed by atoms with Gasteiger partial charge in [-0.05, 0) is 65.8 Å². The Hall–Kier alpha value is -5.31. The van der Waals surface area contributed by atoms with Gasteiger partial charge in [0.1, 0.15) is 24.2 Å². The Balaban J connectivity index is 0.985. The van der Waals surface area contributed by atoms with E-state index in [1.807, 2.05) is 54.6 Å². The van der Waals surface area contributed by atoms with Crippen LogP contribution in [0.5, 0.6) is 11.5 Å². The lowest BCUT2D eigenvalue weighted by atomic mass is 9.99. The first-order valence-electron chi connectivity index (χ1n) is 16.3. The van der Waals surface area contributed by atoms with Gasteiger partial charge in [-0.2, -0.15) is 0 Å². The molecule has 0 aliphatic carbocycles. The lowest BCUT2D eigenvalue weighted by Gasteiger charge is -2.34. The molecule has 1 aliphatic heterocycles. The molecule has 1 aromatic heterocycles. The summed E-state index contributed by atoms with van der Waals surface area (Å²) in [6, 6.07) is 34.6. The van der Waals surface area contributed by atoms with Crippen molar-refractivity contribution in [1.82, 2.24) is 15.2 Å². The monoisotopic (exact) mass is 641 g/mol. The second-order valence-electron chi connectivity index (χ2n) is 11.8. The fourth-order valence-electron chi connectivity index (χ4n) is 6.01. The van der Waals surface area contributed by atoms with E-state index >= 15 is 0 Å². The van der Waals surface area contributed by atoms with Gasteiger partial charge < -0.3 is 24.8 Å². The minimum Gasteiger partial charge on any atom is -0.508 e. The average molecular weight is 642 g/mol. The first-order chi connectivity index (χ1) is 23.5. The van der Waals surface area contributed by atoms with Gasteiger partial charge in [0, 0.05) is 49.4 Å². The summed E-state index contributed by atoms with van der Waals surface area (Å²) in [6.45, 7) is 3.17. The number of ether oxygens (including phenoxy) is 2. The summed E-state index contributed by atoms with van der Waals surface area (Å²) in [5.74, 6) is -0.284. The number of pyridine rings is 1. The molecule has 0 atom stereocenters. The predicted octanol–water partition coefficient (Wildman–Crippen LogP) is 6.65. The van der Waals surface area contributed by atoms with Gasteiger partial charge in [-0.3, -0.25) is 14.6 Å². The van der Waals surface area contributed by atoms with Gasteiger partial charge in [0.2, 0.25) is 5.91 Å². The largest absolute Gasteiger partial charge is 0.508 e. The van der Waals surface area contributed by atoms with Crippen LogP contribution in [0, 0.1) is 0 Å². The summed E-state index contributed by atoms with van der Waals surface area (Å²) in [4.78, 5) is 32.4. The Kier molecular flexibility index (Phi) is 10.9. The fraction of sp³-hybridized carbons (Fsp3) is 0.225. The Morgan fingerprint density at radius 2 is 1.56 bits per heavy atom. The van der Waals surface area contributed by atoms with Crippen LogP contribution in [0.25, 0.3) is 10.8 Å². The number of likely N-dealkylation sites (tertiary alicyclic amines) is 1. The van der Waals surface area contributed by atoms with E-state index in [1.54, 1.807) is 30.5 Å². The molecular formula is C40H39N3O5. The number of fused-ring (bicyclic) bond motifs is 1. The molecule has 6 rings (SSSR count). The first kappa shape index (κ1) is 32.6. The molecular weight excluding hydrogens is 602 g/mol. The normalized spacial score (nSPS) is 14.0. The van der Waals surface area contributed by atoms with Gasteiger partial charge >= 0.3 is 0 Å². The number of hydrogen-bond donors (Lipinski definition) is 2. The third-order valence-corrected chi connectivity index (χ3v) is 8.49. The van der Waals surface area contributed by atoms with Crippen LogP contribution in [0.15, 0.2) is 128 Å². The third-order valence-electron chi connectivity index (χ3n) is 8.49. The molecule has 2 heterocycles. The Morgan fingerprint density at radius 1 is 0.854 bits per heavy atom. The second-order valence-corrected chi connectivity index (χ2v) is 11.8. The number of allylic oxidation sites excluding steroid dienone is 1. The molecule has 1 fully saturated rings. The van der Waals surface area contributed by atoms with Crippen molar-refractivity contribution >= 4 is 22.5 Å². The Labute approximate surface area is 280 Å². The summed E-state index contributed by atoms with van der Waals surface area (Å²) < 4.78 is 12.6. The van der Waals surface area contributed by atoms with Crippen LogP contribution in [0.3, 0.4) is 0 Å². The topological polar surface area (TPSA) is 101 Å². The number of aromatic nitrogens is 1. The number of hydrogen-bond acceptors (Lipinski definition) is 7. The molecule has 5 aromatic rings. The van der Waals surface area contributed by atoms with Crippen LogP contribution in [-0.2, 0) is 16.1 Å². The number of phenolic OH excluding ortho intramolecular Hbond substituents is 1. The van der Waals surface area contributed by atoms with E-state index in [1.165, 1.54) is 18.2 Å². The number of carbonyl (C=O) groups is 2. The highest BCUT2D eigenvalue weighted by Gasteiger charge is 2.24. The van der Waals surface area contributed by atoms with Crippen molar-refractivity contribution in [1.29, 1.82) is 0 Å². The summed E-state index contributed by atoms with van der Waals surface area (Å²) in [5.41, 5.74) is 3.33. The number of phenols is 1. The molecule has 0 unspecified atom stereocenters. The zero-order chi connectivity index (χ0) is 33.1. The first-order valence-corrected chi connectivity index (χ1v) is 16.3. The van der Waals surface area contributed by atoms with Crippen LogP contribution < -0.4 is 10.1 Å². The van der Waals surface area contributed by atoms with Crippen molar-refractivity contribution in [2.75, 3.05) is 26.2 Å². The van der Waals surface area contributed by atoms with Crippen LogP contribution in [-0.4, -0.2) is 59.0 Å². The summed E-state index contributed by atoms with van der Waals surface area (Å²) in [5, 5.41) is 14.5. The lowest BCUT2D eigenvalue weighted by Crippen LogP contribution is -2.41. The van der Waals surface area contributed by atoms with Gasteiger partial charge in [-0.25, -0.2) is 0 Å². The van der Waals surface area contributed by atoms with E-state index in [4.69, 9.17) is 9.47 Å². The van der Waals surface area contributed by atoms with Crippen LogP contribution in [0.1, 0.15) is 46.1 Å². The van der Waals surface area contributed by atoms with Crippen molar-refractivity contribution in [2.24, 2.45) is 0 Å². The SMILES string of the molecule is O=C(C=CC(=O)c1cc(O)cc2c(OCc3ccccn3)cccc12)NCCN1CCC(OC(c2ccccc2)c2ccccc2)CC1. The molecule has 8 heteroatoms. The van der Waals surface area contributed by atoms with Crippen molar-refractivity contribution in [2.45, 2.75) is 31.7 Å². The molecule has 1 saturated heterocycles. The van der Waals surface area contributed by atoms with Crippen molar-refractivity contribution in [3.8, 4) is 11.5 Å². The lowest BCUT2D eigenvalue weighted by molar-refractivity contribution is -0.116. The van der Waals surface area contributed by atoms with E-state index < -0.39 is 0 Å². The number of ketones is 1. The zero-order valence-electron chi connectivity index (χ0n) is 26.7. The van der Waals surface area contributed by atoms with Crippen molar-refractivity contribution in [3.05, 3.63) is 150 Å². The minimum absolute atomic E-state index is 0.0672. The standard InChI is InChI=1S/C40H39N3O5/c44-32-26-35(34-15-9-16-38(36(34)27-32)47-28-31-14-7-8-21-41-31)37(45)17-18-39(46)42-22-25-43-23-19-33(20-24-43)48-40(29-10-3-1-4-11-29)30-12-5-2-6-13-30/h1-18,21,26-27,33,40,44H,19-20,22-25,28H2,(H,42,46). The van der Waals surface area contributed by atoms with E-state index in [2.05, 4.69) is 39.5 Å². The number of nitrogens with one attached hydrogen (secondary N) is 1. The second kappa shape index (κ2) is 16.0. The van der Waals surface area contributed by atoms with Crippen molar-refractivity contribution in [3.63, 3.8) is 0 Å². The number of carbonyl (C=O) groups excluding carboxylic acids is 2. The van der Waals surface area contributed by atoms with Crippen LogP contribution >= 0.6 is 0 Å². The molecule has 1 aliphatic rings. The predicted molar refractivity (Wildman–Crippen MR) is 186 cm³/mol. The van der Waals surface area contributed by atoms with Crippen molar-refractivity contribution < 1.29 is 24.2 Å². The molecule has 2 N–H and O–H groups in total. The molecule has 0 saturated carbocycles. The Morgan fingerprint density at radius 3 is 2.25 bits per heavy atom. The van der Waals surface area contributed by atoms with E-state index in [0.717, 1.165) is 42.8 Å². The molecule has 0 spiro atoms. The number of piperidine rings is 1. The maximum atomic E-state index is 13.2. The Bertz CT molecular complexity index is 1800. The number of amides is 1. The summed E-state index contributed by atoms with van der Waals surface area (Å²) >= 11 is 0. The quantitative estimate of drug-likeness (QED) is 0.110. The summed E-state index contributed by atoms with van der Waals surface area (Å²) in [6.07, 6.45) is 6.03. The molecule has 48 heavy (non-hydrogen) atoms. The van der Waals surface area contributed by atoms with Gasteiger partial charge in [0.05, 0.1) is 11.8 Å². The maximum absolute atomic E-state index is 13.2. The summed E-state index contributed by atoms with van der Waals surface area (Å²) in [7, 11) is 0. The molecule has 0 bridgehead atoms. The smallest absolute Gasteiger partial charge is 0.244 e. The molecule has 8 nitrogen and oxygen atoms in total. The van der Waals surface area contributed by atoms with E-state index in [-0.39, 0.29) is 41.8 Å². The van der Waals surface area contributed by atoms with Gasteiger partial charge in [-0.15, -0.1) is 0 Å². The minimum atomic E-state index is -0.390. The van der Waals surface area contributed by atoms with Gasteiger partial charge in [0.15, 0.2) is 5.78 Å². The number of aromatic hydroxyl groups is 1. The fourth-order valence-corrected chi connectivity index (χ4v) is 6.01. The third kappa shape index (κ3) is 8.53. The number of rotatable bonds is 13. The number of nitrogens with zero attached hydrogens (tertiary/aromatic N) is 2. The highest BCUT2D eigenvalue weighted by Crippen LogP contribution is 2.33. The van der Waals surface area contributed by atoms with Crippen LogP contribution in [0.4, 0.5) is 0 Å². The molecule has 4 aromatic carbocycles. The average Bonchev–Trinajstić information content (AvgIpc) is 3.13. The van der Waals surface area contributed by atoms with Crippen LogP contribution in [0.2, 0.25) is 0 Å². The van der Waals surface area contributed by atoms with Gasteiger partial charge in [0.25, 0.3) is 0 Å². The van der Waals surface area contributed by atoms with E-state index in [9.17, 15) is 14.7 Å². The number of benzene rings is 4. The maximum Gasteiger partial charge on any atom is 0.244 e. The molecule has 244 valence electrons.